The second-order valence-electron chi connectivity index (χ2n) is 4.96. The molecular formula is C14H20ClNO. The minimum atomic E-state index is -0.132. The van der Waals surface area contributed by atoms with Crippen LogP contribution in [0.2, 0.25) is 5.02 Å². The van der Waals surface area contributed by atoms with Crippen LogP contribution in [0.5, 0.6) is 0 Å². The van der Waals surface area contributed by atoms with Gasteiger partial charge in [-0.2, -0.15) is 0 Å². The fraction of sp³-hybridized carbons (Fsp3) is 0.571. The quantitative estimate of drug-likeness (QED) is 0.867. The van der Waals surface area contributed by atoms with Crippen molar-refractivity contribution in [3.05, 3.63) is 34.9 Å². The maximum Gasteiger partial charge on any atom is 0.0555 e. The number of benzene rings is 1. The van der Waals surface area contributed by atoms with Crippen LogP contribution in [0.1, 0.15) is 44.2 Å². The van der Waals surface area contributed by atoms with Crippen LogP contribution < -0.4 is 5.32 Å². The zero-order chi connectivity index (χ0) is 12.3. The lowest BCUT2D eigenvalue weighted by Crippen LogP contribution is -2.37. The molecule has 0 spiro atoms. The molecule has 0 heterocycles. The monoisotopic (exact) mass is 253 g/mol. The Morgan fingerprint density at radius 3 is 2.94 bits per heavy atom. The first-order valence-electron chi connectivity index (χ1n) is 6.34. The Labute approximate surface area is 108 Å². The molecule has 1 aromatic carbocycles. The Balaban J connectivity index is 1.94. The van der Waals surface area contributed by atoms with Gasteiger partial charge in [0.1, 0.15) is 0 Å². The summed E-state index contributed by atoms with van der Waals surface area (Å²) in [6, 6.07) is 8.66. The van der Waals surface area contributed by atoms with Gasteiger partial charge in [0.25, 0.3) is 0 Å². The molecule has 1 aliphatic carbocycles. The molecule has 0 amide bonds. The molecule has 94 valence electrons. The smallest absolute Gasteiger partial charge is 0.0555 e. The van der Waals surface area contributed by atoms with E-state index in [-0.39, 0.29) is 12.1 Å². The van der Waals surface area contributed by atoms with Crippen molar-refractivity contribution in [2.24, 2.45) is 0 Å². The molecule has 1 aliphatic rings. The summed E-state index contributed by atoms with van der Waals surface area (Å²) < 4.78 is 0. The fourth-order valence-electron chi connectivity index (χ4n) is 2.54. The van der Waals surface area contributed by atoms with Gasteiger partial charge < -0.3 is 10.4 Å². The Morgan fingerprint density at radius 1 is 1.41 bits per heavy atom. The third-order valence-corrected chi connectivity index (χ3v) is 3.72. The van der Waals surface area contributed by atoms with Crippen LogP contribution in [0.25, 0.3) is 0 Å². The third kappa shape index (κ3) is 3.70. The summed E-state index contributed by atoms with van der Waals surface area (Å²) in [6.07, 6.45) is 3.95. The second kappa shape index (κ2) is 5.85. The van der Waals surface area contributed by atoms with E-state index in [1.165, 1.54) is 5.56 Å². The van der Waals surface area contributed by atoms with E-state index in [9.17, 15) is 5.11 Å². The molecule has 1 fully saturated rings. The van der Waals surface area contributed by atoms with Gasteiger partial charge in [-0.05, 0) is 50.3 Å². The van der Waals surface area contributed by atoms with Crippen molar-refractivity contribution in [2.75, 3.05) is 0 Å². The van der Waals surface area contributed by atoms with Crippen molar-refractivity contribution in [1.29, 1.82) is 0 Å². The standard InChI is InChI=1S/C14H20ClNO/c1-10(11-4-2-5-12(15)8-11)16-13-6-3-7-14(17)9-13/h2,4-5,8,10,13-14,16-17H,3,6-7,9H2,1H3. The maximum atomic E-state index is 9.65. The maximum absolute atomic E-state index is 9.65. The molecule has 1 aromatic rings. The lowest BCUT2D eigenvalue weighted by molar-refractivity contribution is 0.109. The van der Waals surface area contributed by atoms with Gasteiger partial charge in [0, 0.05) is 17.1 Å². The molecule has 2 N–H and O–H groups in total. The molecule has 3 heteroatoms. The molecule has 2 nitrogen and oxygen atoms in total. The molecule has 0 bridgehead atoms. The van der Waals surface area contributed by atoms with Gasteiger partial charge in [0.15, 0.2) is 0 Å². The molecule has 3 atom stereocenters. The normalized spacial score (nSPS) is 26.8. The SMILES string of the molecule is CC(NC1CCCC(O)C1)c1cccc(Cl)c1. The van der Waals surface area contributed by atoms with Gasteiger partial charge in [0.05, 0.1) is 6.10 Å². The predicted octanol–water partition coefficient (Wildman–Crippen LogP) is 3.29. The Bertz CT molecular complexity index is 369. The zero-order valence-corrected chi connectivity index (χ0v) is 11.0. The van der Waals surface area contributed by atoms with E-state index in [0.717, 1.165) is 30.7 Å². The molecule has 0 aliphatic heterocycles. The second-order valence-corrected chi connectivity index (χ2v) is 5.40. The van der Waals surface area contributed by atoms with Crippen LogP contribution >= 0.6 is 11.6 Å². The van der Waals surface area contributed by atoms with Crippen molar-refractivity contribution in [3.63, 3.8) is 0 Å². The summed E-state index contributed by atoms with van der Waals surface area (Å²) in [5.74, 6) is 0. The van der Waals surface area contributed by atoms with Crippen molar-refractivity contribution >= 4 is 11.6 Å². The lowest BCUT2D eigenvalue weighted by Gasteiger charge is -2.29. The number of halogens is 1. The van der Waals surface area contributed by atoms with E-state index in [4.69, 9.17) is 11.6 Å². The van der Waals surface area contributed by atoms with E-state index >= 15 is 0 Å². The highest BCUT2D eigenvalue weighted by molar-refractivity contribution is 6.30. The molecule has 3 unspecified atom stereocenters. The highest BCUT2D eigenvalue weighted by Crippen LogP contribution is 2.23. The summed E-state index contributed by atoms with van der Waals surface area (Å²) in [5, 5.41) is 14.0. The van der Waals surface area contributed by atoms with Gasteiger partial charge >= 0.3 is 0 Å². The Hall–Kier alpha value is -0.570. The number of aliphatic hydroxyl groups is 1. The Kier molecular flexibility index (Phi) is 4.43. The third-order valence-electron chi connectivity index (χ3n) is 3.48. The van der Waals surface area contributed by atoms with E-state index in [2.05, 4.69) is 18.3 Å². The van der Waals surface area contributed by atoms with Crippen LogP contribution in [-0.2, 0) is 0 Å². The van der Waals surface area contributed by atoms with Crippen LogP contribution in [0.4, 0.5) is 0 Å². The average molecular weight is 254 g/mol. The number of hydrogen-bond acceptors (Lipinski definition) is 2. The number of nitrogens with one attached hydrogen (secondary N) is 1. The first-order chi connectivity index (χ1) is 8.15. The van der Waals surface area contributed by atoms with E-state index < -0.39 is 0 Å². The first kappa shape index (κ1) is 12.9. The molecular weight excluding hydrogens is 234 g/mol. The minimum Gasteiger partial charge on any atom is -0.393 e. The summed E-state index contributed by atoms with van der Waals surface area (Å²) in [4.78, 5) is 0. The summed E-state index contributed by atoms with van der Waals surface area (Å²) in [7, 11) is 0. The topological polar surface area (TPSA) is 32.3 Å². The van der Waals surface area contributed by atoms with Crippen LogP contribution in [-0.4, -0.2) is 17.3 Å². The van der Waals surface area contributed by atoms with Crippen LogP contribution in [0.15, 0.2) is 24.3 Å². The van der Waals surface area contributed by atoms with Gasteiger partial charge in [0.2, 0.25) is 0 Å². The molecule has 0 saturated heterocycles. The molecule has 0 aromatic heterocycles. The molecule has 2 rings (SSSR count). The highest BCUT2D eigenvalue weighted by atomic mass is 35.5. The zero-order valence-electron chi connectivity index (χ0n) is 10.2. The Morgan fingerprint density at radius 2 is 2.24 bits per heavy atom. The molecule has 1 saturated carbocycles. The fourth-order valence-corrected chi connectivity index (χ4v) is 2.74. The predicted molar refractivity (Wildman–Crippen MR) is 71.3 cm³/mol. The first-order valence-corrected chi connectivity index (χ1v) is 6.72. The summed E-state index contributed by atoms with van der Waals surface area (Å²) >= 11 is 5.99. The van der Waals surface area contributed by atoms with Crippen molar-refractivity contribution in [2.45, 2.75) is 50.8 Å². The van der Waals surface area contributed by atoms with Gasteiger partial charge in [-0.1, -0.05) is 23.7 Å². The van der Waals surface area contributed by atoms with Gasteiger partial charge in [-0.3, -0.25) is 0 Å². The van der Waals surface area contributed by atoms with Crippen LogP contribution in [0.3, 0.4) is 0 Å². The molecule has 0 radical (unpaired) electrons. The van der Waals surface area contributed by atoms with Crippen LogP contribution in [0, 0.1) is 0 Å². The number of aliphatic hydroxyl groups excluding tert-OH is 1. The summed E-state index contributed by atoms with van der Waals surface area (Å²) in [6.45, 7) is 2.15. The largest absolute Gasteiger partial charge is 0.393 e. The number of rotatable bonds is 3. The van der Waals surface area contributed by atoms with E-state index in [0.29, 0.717) is 6.04 Å². The summed E-state index contributed by atoms with van der Waals surface area (Å²) in [5.41, 5.74) is 1.21. The minimum absolute atomic E-state index is 0.132. The van der Waals surface area contributed by atoms with Crippen molar-refractivity contribution in [1.82, 2.24) is 5.32 Å². The van der Waals surface area contributed by atoms with E-state index in [1.54, 1.807) is 0 Å². The molecule has 17 heavy (non-hydrogen) atoms. The van der Waals surface area contributed by atoms with Gasteiger partial charge in [-0.25, -0.2) is 0 Å². The van der Waals surface area contributed by atoms with Gasteiger partial charge in [-0.15, -0.1) is 0 Å². The number of hydrogen-bond donors (Lipinski definition) is 2. The average Bonchev–Trinajstić information content (AvgIpc) is 2.29. The van der Waals surface area contributed by atoms with E-state index in [1.807, 2.05) is 18.2 Å². The highest BCUT2D eigenvalue weighted by Gasteiger charge is 2.21. The van der Waals surface area contributed by atoms with Crippen molar-refractivity contribution in [3.8, 4) is 0 Å². The lowest BCUT2D eigenvalue weighted by atomic mass is 9.92. The van der Waals surface area contributed by atoms with Crippen molar-refractivity contribution < 1.29 is 5.11 Å².